The lowest BCUT2D eigenvalue weighted by Gasteiger charge is -2.38. The van der Waals surface area contributed by atoms with E-state index >= 15 is 0 Å². The van der Waals surface area contributed by atoms with Crippen LogP contribution < -0.4 is 0 Å². The molecule has 0 atom stereocenters. The molecule has 0 bridgehead atoms. The van der Waals surface area contributed by atoms with E-state index in [0.29, 0.717) is 30.9 Å². The fourth-order valence-electron chi connectivity index (χ4n) is 3.29. The molecule has 3 rings (SSSR count). The zero-order valence-corrected chi connectivity index (χ0v) is 14.6. The monoisotopic (exact) mass is 326 g/mol. The third-order valence-electron chi connectivity index (χ3n) is 5.08. The van der Waals surface area contributed by atoms with Gasteiger partial charge in [-0.3, -0.25) is 9.59 Å². The Hall–Kier alpha value is -1.94. The molecule has 1 amide bonds. The zero-order valence-electron chi connectivity index (χ0n) is 14.6. The van der Waals surface area contributed by atoms with Crippen LogP contribution in [0.25, 0.3) is 0 Å². The molecule has 1 fully saturated rings. The van der Waals surface area contributed by atoms with Crippen molar-refractivity contribution < 1.29 is 9.59 Å². The molecule has 0 aromatic heterocycles. The largest absolute Gasteiger partial charge is 0.337 e. The summed E-state index contributed by atoms with van der Waals surface area (Å²) in [6.45, 7) is 5.24. The maximum Gasteiger partial charge on any atom is 0.253 e. The van der Waals surface area contributed by atoms with E-state index in [2.05, 4.69) is 18.0 Å². The maximum absolute atomic E-state index is 12.4. The van der Waals surface area contributed by atoms with Crippen molar-refractivity contribution in [2.45, 2.75) is 26.2 Å². The van der Waals surface area contributed by atoms with E-state index in [9.17, 15) is 9.59 Å². The van der Waals surface area contributed by atoms with Crippen LogP contribution >= 0.6 is 0 Å². The predicted octanol–water partition coefficient (Wildman–Crippen LogP) is 2.68. The molecule has 1 saturated heterocycles. The SMILES string of the molecule is Cc1ccc(C(=O)N2CC(C(=O)CC3=CCCN(C)CC3)C2)cc1. The van der Waals surface area contributed by atoms with Crippen molar-refractivity contribution in [3.05, 3.63) is 47.0 Å². The van der Waals surface area contributed by atoms with Gasteiger partial charge in [-0.15, -0.1) is 0 Å². The van der Waals surface area contributed by atoms with Crippen LogP contribution in [0.1, 0.15) is 35.2 Å². The Bertz CT molecular complexity index is 642. The fourth-order valence-corrected chi connectivity index (χ4v) is 3.29. The highest BCUT2D eigenvalue weighted by molar-refractivity contribution is 5.96. The molecule has 128 valence electrons. The Morgan fingerprint density at radius 3 is 2.54 bits per heavy atom. The van der Waals surface area contributed by atoms with Gasteiger partial charge in [0.2, 0.25) is 0 Å². The highest BCUT2D eigenvalue weighted by Gasteiger charge is 2.35. The number of carbonyl (C=O) groups excluding carboxylic acids is 2. The van der Waals surface area contributed by atoms with Crippen LogP contribution in [-0.2, 0) is 4.79 Å². The second kappa shape index (κ2) is 7.31. The average molecular weight is 326 g/mol. The normalized spacial score (nSPS) is 19.4. The van der Waals surface area contributed by atoms with Gasteiger partial charge >= 0.3 is 0 Å². The van der Waals surface area contributed by atoms with E-state index < -0.39 is 0 Å². The Labute approximate surface area is 144 Å². The van der Waals surface area contributed by atoms with Gasteiger partial charge in [-0.05, 0) is 38.9 Å². The number of hydrogen-bond acceptors (Lipinski definition) is 3. The molecule has 2 aliphatic heterocycles. The molecule has 2 heterocycles. The van der Waals surface area contributed by atoms with E-state index in [0.717, 1.165) is 31.5 Å². The molecular formula is C20H26N2O2. The molecular weight excluding hydrogens is 300 g/mol. The maximum atomic E-state index is 12.4. The number of benzene rings is 1. The molecule has 0 spiro atoms. The number of ketones is 1. The van der Waals surface area contributed by atoms with Crippen molar-refractivity contribution in [3.63, 3.8) is 0 Å². The summed E-state index contributed by atoms with van der Waals surface area (Å²) in [7, 11) is 2.12. The van der Waals surface area contributed by atoms with Crippen LogP contribution in [-0.4, -0.2) is 54.7 Å². The topological polar surface area (TPSA) is 40.6 Å². The first-order valence-corrected chi connectivity index (χ1v) is 8.78. The van der Waals surface area contributed by atoms with Crippen LogP contribution in [0, 0.1) is 12.8 Å². The number of hydrogen-bond donors (Lipinski definition) is 0. The molecule has 4 heteroatoms. The lowest BCUT2D eigenvalue weighted by Crippen LogP contribution is -2.53. The molecule has 1 aromatic rings. The molecule has 4 nitrogen and oxygen atoms in total. The number of nitrogens with zero attached hydrogens (tertiary/aromatic N) is 2. The highest BCUT2D eigenvalue weighted by atomic mass is 16.2. The van der Waals surface area contributed by atoms with Crippen molar-refractivity contribution in [2.75, 3.05) is 33.2 Å². The van der Waals surface area contributed by atoms with Crippen molar-refractivity contribution >= 4 is 11.7 Å². The molecule has 24 heavy (non-hydrogen) atoms. The Morgan fingerprint density at radius 2 is 1.83 bits per heavy atom. The summed E-state index contributed by atoms with van der Waals surface area (Å²) in [6.07, 6.45) is 4.81. The van der Waals surface area contributed by atoms with Gasteiger partial charge in [-0.1, -0.05) is 29.3 Å². The first-order chi connectivity index (χ1) is 11.5. The Balaban J connectivity index is 1.49. The highest BCUT2D eigenvalue weighted by Crippen LogP contribution is 2.24. The van der Waals surface area contributed by atoms with Crippen LogP contribution in [0.15, 0.2) is 35.9 Å². The van der Waals surface area contributed by atoms with Crippen LogP contribution in [0.2, 0.25) is 0 Å². The standard InChI is InChI=1S/C20H26N2O2/c1-15-5-7-17(8-6-15)20(24)22-13-18(14-22)19(23)12-16-4-3-10-21(2)11-9-16/h4-8,18H,3,9-14H2,1-2H3. The second-order valence-corrected chi connectivity index (χ2v) is 7.12. The minimum Gasteiger partial charge on any atom is -0.337 e. The first-order valence-electron chi connectivity index (χ1n) is 8.78. The molecule has 0 unspecified atom stereocenters. The van der Waals surface area contributed by atoms with E-state index in [-0.39, 0.29) is 11.8 Å². The second-order valence-electron chi connectivity index (χ2n) is 7.12. The molecule has 0 aliphatic carbocycles. The van der Waals surface area contributed by atoms with Gasteiger partial charge in [-0.2, -0.15) is 0 Å². The predicted molar refractivity (Wildman–Crippen MR) is 95.0 cm³/mol. The minimum absolute atomic E-state index is 0.0151. The molecule has 1 aromatic carbocycles. The smallest absolute Gasteiger partial charge is 0.253 e. The van der Waals surface area contributed by atoms with E-state index in [4.69, 9.17) is 0 Å². The number of aryl methyl sites for hydroxylation is 1. The molecule has 0 saturated carbocycles. The quantitative estimate of drug-likeness (QED) is 0.799. The zero-order chi connectivity index (χ0) is 17.1. The molecule has 0 radical (unpaired) electrons. The van der Waals surface area contributed by atoms with Gasteiger partial charge in [0.1, 0.15) is 5.78 Å². The summed E-state index contributed by atoms with van der Waals surface area (Å²) in [5, 5.41) is 0. The van der Waals surface area contributed by atoms with Crippen molar-refractivity contribution in [2.24, 2.45) is 5.92 Å². The van der Waals surface area contributed by atoms with Crippen molar-refractivity contribution in [1.29, 1.82) is 0 Å². The third kappa shape index (κ3) is 3.93. The Kier molecular flexibility index (Phi) is 5.14. The van der Waals surface area contributed by atoms with Crippen LogP contribution in [0.4, 0.5) is 0 Å². The summed E-state index contributed by atoms with van der Waals surface area (Å²) in [4.78, 5) is 28.9. The van der Waals surface area contributed by atoms with Gasteiger partial charge in [0, 0.05) is 38.2 Å². The number of carbonyl (C=O) groups is 2. The number of amides is 1. The van der Waals surface area contributed by atoms with Crippen LogP contribution in [0.3, 0.4) is 0 Å². The summed E-state index contributed by atoms with van der Waals surface area (Å²) in [5.74, 6) is 0.342. The first kappa shape index (κ1) is 16.9. The van der Waals surface area contributed by atoms with Gasteiger partial charge in [0.25, 0.3) is 5.91 Å². The molecule has 2 aliphatic rings. The molecule has 0 N–H and O–H groups in total. The number of rotatable bonds is 4. The van der Waals surface area contributed by atoms with Gasteiger partial charge in [0.15, 0.2) is 0 Å². The van der Waals surface area contributed by atoms with Gasteiger partial charge in [0.05, 0.1) is 5.92 Å². The summed E-state index contributed by atoms with van der Waals surface area (Å²) in [6, 6.07) is 7.62. The Morgan fingerprint density at radius 1 is 1.12 bits per heavy atom. The van der Waals surface area contributed by atoms with Crippen molar-refractivity contribution in [1.82, 2.24) is 9.80 Å². The van der Waals surface area contributed by atoms with Gasteiger partial charge < -0.3 is 9.80 Å². The fraction of sp³-hybridized carbons (Fsp3) is 0.500. The van der Waals surface area contributed by atoms with Gasteiger partial charge in [-0.25, -0.2) is 0 Å². The van der Waals surface area contributed by atoms with E-state index in [1.165, 1.54) is 5.57 Å². The number of likely N-dealkylation sites (tertiary alicyclic amines) is 1. The van der Waals surface area contributed by atoms with Crippen molar-refractivity contribution in [3.8, 4) is 0 Å². The lowest BCUT2D eigenvalue weighted by molar-refractivity contribution is -0.126. The summed E-state index contributed by atoms with van der Waals surface area (Å²) >= 11 is 0. The summed E-state index contributed by atoms with van der Waals surface area (Å²) < 4.78 is 0. The number of Topliss-reactive ketones (excluding diaryl/α,β-unsaturated/α-hetero) is 1. The van der Waals surface area contributed by atoms with E-state index in [1.807, 2.05) is 31.2 Å². The lowest BCUT2D eigenvalue weighted by atomic mass is 9.89. The minimum atomic E-state index is 0.0151. The summed E-state index contributed by atoms with van der Waals surface area (Å²) in [5.41, 5.74) is 3.12. The third-order valence-corrected chi connectivity index (χ3v) is 5.08. The van der Waals surface area contributed by atoms with Crippen LogP contribution in [0.5, 0.6) is 0 Å². The average Bonchev–Trinajstić information content (AvgIpc) is 2.71. The van der Waals surface area contributed by atoms with E-state index in [1.54, 1.807) is 4.90 Å².